The van der Waals surface area contributed by atoms with Gasteiger partial charge in [0.1, 0.15) is 18.5 Å². The minimum Gasteiger partial charge on any atom is -0.347 e. The van der Waals surface area contributed by atoms with E-state index >= 15 is 0 Å². The van der Waals surface area contributed by atoms with Crippen molar-refractivity contribution < 1.29 is 4.79 Å². The third kappa shape index (κ3) is 3.36. The number of fused-ring (bicyclic) bond motifs is 3. The van der Waals surface area contributed by atoms with Crippen molar-refractivity contribution in [1.29, 1.82) is 0 Å². The van der Waals surface area contributed by atoms with Crippen molar-refractivity contribution in [2.45, 2.75) is 25.4 Å². The van der Waals surface area contributed by atoms with Crippen molar-refractivity contribution in [1.82, 2.24) is 29.6 Å². The normalized spacial score (nSPS) is 16.0. The summed E-state index contributed by atoms with van der Waals surface area (Å²) in [4.78, 5) is 17.5. The van der Waals surface area contributed by atoms with Crippen LogP contribution >= 0.6 is 23.2 Å². The largest absolute Gasteiger partial charge is 0.347 e. The smallest absolute Gasteiger partial charge is 0.253 e. The van der Waals surface area contributed by atoms with E-state index in [0.717, 1.165) is 35.4 Å². The number of hydrogen-bond acceptors (Lipinski definition) is 4. The average molecular weight is 427 g/mol. The molecule has 7 nitrogen and oxygen atoms in total. The zero-order chi connectivity index (χ0) is 20.0. The second kappa shape index (κ2) is 7.17. The first-order valence-corrected chi connectivity index (χ1v) is 9.94. The van der Waals surface area contributed by atoms with Crippen molar-refractivity contribution in [2.24, 2.45) is 0 Å². The Morgan fingerprint density at radius 2 is 1.93 bits per heavy atom. The Morgan fingerprint density at radius 3 is 2.72 bits per heavy atom. The van der Waals surface area contributed by atoms with E-state index in [9.17, 15) is 4.79 Å². The predicted molar refractivity (Wildman–Crippen MR) is 111 cm³/mol. The molecule has 146 valence electrons. The van der Waals surface area contributed by atoms with Crippen molar-refractivity contribution in [2.75, 3.05) is 0 Å². The van der Waals surface area contributed by atoms with Crippen molar-refractivity contribution in [3.63, 3.8) is 0 Å². The number of carbonyl (C=O) groups is 1. The van der Waals surface area contributed by atoms with Gasteiger partial charge < -0.3 is 9.88 Å². The average Bonchev–Trinajstić information content (AvgIpc) is 3.35. The maximum absolute atomic E-state index is 12.8. The number of aryl methyl sites for hydroxylation is 1. The lowest BCUT2D eigenvalue weighted by molar-refractivity contribution is 0.0928. The lowest BCUT2D eigenvalue weighted by atomic mass is 10.1. The fourth-order valence-electron chi connectivity index (χ4n) is 3.73. The Balaban J connectivity index is 1.35. The summed E-state index contributed by atoms with van der Waals surface area (Å²) in [5.74, 6) is 0.829. The van der Waals surface area contributed by atoms with Gasteiger partial charge >= 0.3 is 0 Å². The first kappa shape index (κ1) is 18.1. The molecule has 29 heavy (non-hydrogen) atoms. The van der Waals surface area contributed by atoms with Crippen LogP contribution in [-0.2, 0) is 13.0 Å². The molecule has 0 spiro atoms. The molecule has 2 aromatic heterocycles. The molecule has 0 saturated carbocycles. The number of amides is 1. The number of nitrogens with one attached hydrogen (secondary N) is 1. The Labute approximate surface area is 176 Å². The van der Waals surface area contributed by atoms with Gasteiger partial charge in [-0.3, -0.25) is 9.36 Å². The molecule has 9 heteroatoms. The van der Waals surface area contributed by atoms with Crippen LogP contribution in [0.25, 0.3) is 16.7 Å². The summed E-state index contributed by atoms with van der Waals surface area (Å²) in [5.41, 5.74) is 3.14. The molecule has 4 aromatic rings. The van der Waals surface area contributed by atoms with Gasteiger partial charge in [-0.15, -0.1) is 10.2 Å². The van der Waals surface area contributed by atoms with Gasteiger partial charge in [0.25, 0.3) is 5.91 Å². The van der Waals surface area contributed by atoms with Crippen LogP contribution in [0.5, 0.6) is 0 Å². The van der Waals surface area contributed by atoms with Gasteiger partial charge in [0.15, 0.2) is 0 Å². The number of nitrogens with zero attached hydrogens (tertiary/aromatic N) is 5. The molecule has 1 unspecified atom stereocenters. The number of halogens is 2. The van der Waals surface area contributed by atoms with Crippen LogP contribution in [0.4, 0.5) is 0 Å². The summed E-state index contributed by atoms with van der Waals surface area (Å²) < 4.78 is 3.88. The van der Waals surface area contributed by atoms with Gasteiger partial charge in [0.2, 0.25) is 0 Å². The van der Waals surface area contributed by atoms with Gasteiger partial charge in [0, 0.05) is 29.7 Å². The highest BCUT2D eigenvalue weighted by Gasteiger charge is 2.24. The van der Waals surface area contributed by atoms with E-state index in [1.165, 1.54) is 0 Å². The van der Waals surface area contributed by atoms with E-state index in [0.29, 0.717) is 22.2 Å². The second-order valence-corrected chi connectivity index (χ2v) is 7.86. The van der Waals surface area contributed by atoms with E-state index in [1.807, 2.05) is 24.3 Å². The molecule has 0 bridgehead atoms. The van der Waals surface area contributed by atoms with Gasteiger partial charge in [0.05, 0.1) is 21.6 Å². The highest BCUT2D eigenvalue weighted by atomic mass is 35.5. The summed E-state index contributed by atoms with van der Waals surface area (Å²) in [7, 11) is 0. The molecule has 1 N–H and O–H groups in total. The van der Waals surface area contributed by atoms with Crippen molar-refractivity contribution in [3.05, 3.63) is 70.5 Å². The topological polar surface area (TPSA) is 77.6 Å². The molecule has 1 amide bonds. The Kier molecular flexibility index (Phi) is 4.49. The maximum atomic E-state index is 12.8. The lowest BCUT2D eigenvalue weighted by Crippen LogP contribution is -2.41. The summed E-state index contributed by atoms with van der Waals surface area (Å²) >= 11 is 12.5. The molecule has 1 aliphatic heterocycles. The van der Waals surface area contributed by atoms with E-state index in [-0.39, 0.29) is 11.9 Å². The number of rotatable bonds is 3. The summed E-state index contributed by atoms with van der Waals surface area (Å²) in [6.45, 7) is 0.662. The number of hydrogen-bond donors (Lipinski definition) is 1. The minimum atomic E-state index is -0.189. The maximum Gasteiger partial charge on any atom is 0.253 e. The van der Waals surface area contributed by atoms with Gasteiger partial charge in [-0.25, -0.2) is 4.98 Å². The summed E-state index contributed by atoms with van der Waals surface area (Å²) in [6, 6.07) is 11.0. The fourth-order valence-corrected chi connectivity index (χ4v) is 4.15. The fraction of sp³-hybridized carbons (Fsp3) is 0.200. The highest BCUT2D eigenvalue weighted by Crippen LogP contribution is 2.26. The van der Waals surface area contributed by atoms with Crippen LogP contribution in [0, 0.1) is 0 Å². The van der Waals surface area contributed by atoms with Gasteiger partial charge in [-0.05, 0) is 42.8 Å². The van der Waals surface area contributed by atoms with Gasteiger partial charge in [-0.2, -0.15) is 0 Å². The van der Waals surface area contributed by atoms with E-state index in [2.05, 4.69) is 25.1 Å². The van der Waals surface area contributed by atoms with E-state index in [4.69, 9.17) is 23.2 Å². The zero-order valence-electron chi connectivity index (χ0n) is 15.2. The SMILES string of the molecule is O=C(NC1CCc2nc3cc(Cl)ccc3n2C1)c1ccc(-n2cnnc2)cc1Cl. The first-order chi connectivity index (χ1) is 14.1. The Bertz CT molecular complexity index is 1220. The molecule has 0 fully saturated rings. The van der Waals surface area contributed by atoms with Crippen molar-refractivity contribution in [3.8, 4) is 5.69 Å². The first-order valence-electron chi connectivity index (χ1n) is 9.18. The molecule has 5 rings (SSSR count). The molecule has 3 heterocycles. The molecule has 1 aliphatic rings. The minimum absolute atomic E-state index is 0.00308. The van der Waals surface area contributed by atoms with Crippen LogP contribution < -0.4 is 5.32 Å². The Hall–Kier alpha value is -2.90. The van der Waals surface area contributed by atoms with Crippen LogP contribution in [0.1, 0.15) is 22.6 Å². The molecule has 0 radical (unpaired) electrons. The lowest BCUT2D eigenvalue weighted by Gasteiger charge is -2.25. The summed E-state index contributed by atoms with van der Waals surface area (Å²) in [6.07, 6.45) is 4.76. The molecule has 1 atom stereocenters. The molecule has 0 saturated heterocycles. The van der Waals surface area contributed by atoms with Crippen molar-refractivity contribution >= 4 is 40.1 Å². The quantitative estimate of drug-likeness (QED) is 0.541. The molecule has 2 aromatic carbocycles. The van der Waals surface area contributed by atoms with E-state index < -0.39 is 0 Å². The summed E-state index contributed by atoms with van der Waals surface area (Å²) in [5, 5.41) is 11.7. The Morgan fingerprint density at radius 1 is 1.10 bits per heavy atom. The molecule has 0 aliphatic carbocycles. The number of imidazole rings is 1. The third-order valence-corrected chi connectivity index (χ3v) is 5.71. The number of aromatic nitrogens is 5. The van der Waals surface area contributed by atoms with E-state index in [1.54, 1.807) is 29.4 Å². The van der Waals surface area contributed by atoms with Gasteiger partial charge in [-0.1, -0.05) is 23.2 Å². The number of carbonyl (C=O) groups excluding carboxylic acids is 1. The molecular weight excluding hydrogens is 411 g/mol. The highest BCUT2D eigenvalue weighted by molar-refractivity contribution is 6.34. The van der Waals surface area contributed by atoms with Crippen LogP contribution in [0.3, 0.4) is 0 Å². The standard InChI is InChI=1S/C20H16Cl2N6O/c21-12-1-5-18-17(7-12)26-19-6-2-13(9-28(18)19)25-20(29)15-4-3-14(8-16(15)22)27-10-23-24-11-27/h1,3-5,7-8,10-11,13H,2,6,9H2,(H,25,29). The van der Waals surface area contributed by atoms with Crippen LogP contribution in [0.2, 0.25) is 10.0 Å². The van der Waals surface area contributed by atoms with Crippen LogP contribution in [0.15, 0.2) is 49.1 Å². The monoisotopic (exact) mass is 426 g/mol. The molecular formula is C20H16Cl2N6O. The predicted octanol–water partition coefficient (Wildman–Crippen LogP) is 3.67. The number of benzene rings is 2. The third-order valence-electron chi connectivity index (χ3n) is 5.16. The zero-order valence-corrected chi connectivity index (χ0v) is 16.7. The van der Waals surface area contributed by atoms with Crippen LogP contribution in [-0.4, -0.2) is 36.3 Å². The second-order valence-electron chi connectivity index (χ2n) is 7.01.